The van der Waals surface area contributed by atoms with E-state index in [1.54, 1.807) is 31.2 Å². The summed E-state index contributed by atoms with van der Waals surface area (Å²) in [6.07, 6.45) is -5.10. The third-order valence-corrected chi connectivity index (χ3v) is 4.74. The fourth-order valence-electron chi connectivity index (χ4n) is 3.13. The summed E-state index contributed by atoms with van der Waals surface area (Å²) in [6.45, 7) is 5.72. The van der Waals surface area contributed by atoms with Gasteiger partial charge in [-0.2, -0.15) is 0 Å². The molecule has 2 rings (SSSR count). The van der Waals surface area contributed by atoms with E-state index in [-0.39, 0.29) is 5.17 Å². The Bertz CT molecular complexity index is 829. The van der Waals surface area contributed by atoms with E-state index in [2.05, 4.69) is 5.32 Å². The molecule has 0 bridgehead atoms. The number of esters is 3. The standard InChI is InChI=1S/C21H27NO9S/c1-11-17(28-12(2)23)18(29-13(3)24)19(30-14(4)25)20(27-11)31-16-8-6-15(7-9-16)10-22-21(32)26-5/h6-9,11,17-20H,10H2,1-5H3,(H,22,32)/t11-,17-,18+,19+,20-/m0/s1. The van der Waals surface area contributed by atoms with Gasteiger partial charge in [-0.05, 0) is 36.8 Å². The lowest BCUT2D eigenvalue weighted by Crippen LogP contribution is -2.62. The summed E-state index contributed by atoms with van der Waals surface area (Å²) in [5.41, 5.74) is 0.916. The van der Waals surface area contributed by atoms with Crippen LogP contribution in [0, 0.1) is 0 Å². The predicted octanol–water partition coefficient (Wildman–Crippen LogP) is 1.63. The fourth-order valence-corrected chi connectivity index (χ4v) is 3.20. The average Bonchev–Trinajstić information content (AvgIpc) is 2.71. The zero-order chi connectivity index (χ0) is 23.8. The molecule has 1 aromatic rings. The maximum absolute atomic E-state index is 11.7. The molecule has 0 saturated carbocycles. The lowest BCUT2D eigenvalue weighted by molar-refractivity contribution is -0.280. The first-order chi connectivity index (χ1) is 15.1. The van der Waals surface area contributed by atoms with Gasteiger partial charge in [-0.1, -0.05) is 12.1 Å². The highest BCUT2D eigenvalue weighted by molar-refractivity contribution is 7.80. The molecular formula is C21H27NO9S. The Hall–Kier alpha value is -2.92. The van der Waals surface area contributed by atoms with Gasteiger partial charge in [0.2, 0.25) is 12.4 Å². The number of ether oxygens (including phenoxy) is 6. The van der Waals surface area contributed by atoms with Crippen LogP contribution in [0.5, 0.6) is 5.75 Å². The van der Waals surface area contributed by atoms with Crippen LogP contribution in [-0.2, 0) is 44.6 Å². The van der Waals surface area contributed by atoms with E-state index in [9.17, 15) is 14.4 Å². The minimum atomic E-state index is -1.17. The zero-order valence-electron chi connectivity index (χ0n) is 18.5. The normalized spacial score (nSPS) is 24.6. The van der Waals surface area contributed by atoms with E-state index in [1.165, 1.54) is 27.9 Å². The first-order valence-corrected chi connectivity index (χ1v) is 10.3. The Kier molecular flexibility index (Phi) is 9.21. The van der Waals surface area contributed by atoms with Crippen molar-refractivity contribution in [3.8, 4) is 5.75 Å². The molecule has 5 atom stereocenters. The van der Waals surface area contributed by atoms with E-state index < -0.39 is 48.6 Å². The van der Waals surface area contributed by atoms with Crippen LogP contribution < -0.4 is 10.1 Å². The maximum Gasteiger partial charge on any atom is 0.303 e. The molecule has 1 aliphatic heterocycles. The minimum absolute atomic E-state index is 0.276. The van der Waals surface area contributed by atoms with E-state index in [4.69, 9.17) is 40.6 Å². The molecule has 10 nitrogen and oxygen atoms in total. The molecule has 0 aliphatic carbocycles. The van der Waals surface area contributed by atoms with Gasteiger partial charge in [0.15, 0.2) is 12.2 Å². The van der Waals surface area contributed by atoms with E-state index in [0.717, 1.165) is 5.56 Å². The molecule has 1 fully saturated rings. The molecule has 1 N–H and O–H groups in total. The van der Waals surface area contributed by atoms with Crippen molar-refractivity contribution >= 4 is 35.3 Å². The fraction of sp³-hybridized carbons (Fsp3) is 0.524. The Balaban J connectivity index is 2.22. The monoisotopic (exact) mass is 469 g/mol. The van der Waals surface area contributed by atoms with Crippen LogP contribution in [0.2, 0.25) is 0 Å². The summed E-state index contributed by atoms with van der Waals surface area (Å²) in [5.74, 6) is -1.45. The molecule has 0 amide bonds. The molecule has 11 heteroatoms. The van der Waals surface area contributed by atoms with Crippen LogP contribution in [0.15, 0.2) is 24.3 Å². The number of thiocarbonyl (C=S) groups is 1. The minimum Gasteiger partial charge on any atom is -0.474 e. The Morgan fingerprint density at radius 1 is 0.938 bits per heavy atom. The van der Waals surface area contributed by atoms with Gasteiger partial charge in [-0.15, -0.1) is 0 Å². The van der Waals surface area contributed by atoms with Gasteiger partial charge < -0.3 is 33.7 Å². The predicted molar refractivity (Wildman–Crippen MR) is 115 cm³/mol. The highest BCUT2D eigenvalue weighted by Gasteiger charge is 2.51. The number of carbonyl (C=O) groups is 3. The van der Waals surface area contributed by atoms with Crippen LogP contribution >= 0.6 is 12.2 Å². The van der Waals surface area contributed by atoms with Crippen molar-refractivity contribution in [3.63, 3.8) is 0 Å². The van der Waals surface area contributed by atoms with Crippen LogP contribution in [0.25, 0.3) is 0 Å². The van der Waals surface area contributed by atoms with Crippen LogP contribution in [0.1, 0.15) is 33.3 Å². The molecule has 1 aromatic carbocycles. The number of hydrogen-bond acceptors (Lipinski definition) is 10. The summed E-state index contributed by atoms with van der Waals surface area (Å²) >= 11 is 4.94. The lowest BCUT2D eigenvalue weighted by Gasteiger charge is -2.43. The van der Waals surface area contributed by atoms with Gasteiger partial charge in [0.05, 0.1) is 13.2 Å². The second-order valence-corrected chi connectivity index (χ2v) is 7.41. The number of benzene rings is 1. The van der Waals surface area contributed by atoms with Gasteiger partial charge in [-0.25, -0.2) is 0 Å². The van der Waals surface area contributed by atoms with Crippen molar-refractivity contribution in [2.24, 2.45) is 0 Å². The van der Waals surface area contributed by atoms with Crippen molar-refractivity contribution in [2.75, 3.05) is 7.11 Å². The molecule has 32 heavy (non-hydrogen) atoms. The highest BCUT2D eigenvalue weighted by Crippen LogP contribution is 2.30. The Morgan fingerprint density at radius 2 is 1.47 bits per heavy atom. The lowest BCUT2D eigenvalue weighted by atomic mass is 9.99. The molecule has 1 heterocycles. The topological polar surface area (TPSA) is 119 Å². The Morgan fingerprint density at radius 3 is 2.00 bits per heavy atom. The Labute approximate surface area is 191 Å². The third-order valence-electron chi connectivity index (χ3n) is 4.43. The van der Waals surface area contributed by atoms with Gasteiger partial charge >= 0.3 is 17.9 Å². The van der Waals surface area contributed by atoms with Crippen molar-refractivity contribution in [2.45, 2.75) is 64.9 Å². The van der Waals surface area contributed by atoms with E-state index in [0.29, 0.717) is 12.3 Å². The number of hydrogen-bond donors (Lipinski definition) is 1. The highest BCUT2D eigenvalue weighted by atomic mass is 32.1. The zero-order valence-corrected chi connectivity index (χ0v) is 19.3. The van der Waals surface area contributed by atoms with Crippen molar-refractivity contribution in [1.82, 2.24) is 5.32 Å². The van der Waals surface area contributed by atoms with E-state index in [1.807, 2.05) is 0 Å². The molecule has 0 spiro atoms. The maximum atomic E-state index is 11.7. The molecular weight excluding hydrogens is 442 g/mol. The summed E-state index contributed by atoms with van der Waals surface area (Å²) in [5, 5.41) is 3.20. The van der Waals surface area contributed by atoms with Crippen LogP contribution in [0.3, 0.4) is 0 Å². The molecule has 0 radical (unpaired) electrons. The first-order valence-electron chi connectivity index (χ1n) is 9.85. The van der Waals surface area contributed by atoms with E-state index >= 15 is 0 Å². The summed E-state index contributed by atoms with van der Waals surface area (Å²) in [6, 6.07) is 7.01. The van der Waals surface area contributed by atoms with Crippen molar-refractivity contribution < 1.29 is 42.8 Å². The molecule has 176 valence electrons. The summed E-state index contributed by atoms with van der Waals surface area (Å²) in [7, 11) is 1.48. The number of nitrogens with one attached hydrogen (secondary N) is 1. The van der Waals surface area contributed by atoms with Gasteiger partial charge in [0.1, 0.15) is 5.75 Å². The molecule has 1 saturated heterocycles. The van der Waals surface area contributed by atoms with Crippen LogP contribution in [-0.4, -0.2) is 60.9 Å². The SMILES string of the molecule is COC(=S)NCc1ccc(O[C@@H]2O[C@@H](C)[C@H](OC(C)=O)[C@@H](OC(C)=O)[C@H]2OC(C)=O)cc1. The quantitative estimate of drug-likeness (QED) is 0.356. The second-order valence-electron chi connectivity index (χ2n) is 7.04. The summed E-state index contributed by atoms with van der Waals surface area (Å²) in [4.78, 5) is 35.0. The largest absolute Gasteiger partial charge is 0.474 e. The smallest absolute Gasteiger partial charge is 0.303 e. The van der Waals surface area contributed by atoms with Crippen molar-refractivity contribution in [3.05, 3.63) is 29.8 Å². The molecule has 0 unspecified atom stereocenters. The third kappa shape index (κ3) is 7.34. The number of rotatable bonds is 7. The second kappa shape index (κ2) is 11.6. The summed E-state index contributed by atoms with van der Waals surface area (Å²) < 4.78 is 32.6. The van der Waals surface area contributed by atoms with Gasteiger partial charge in [-0.3, -0.25) is 14.4 Å². The first kappa shape index (κ1) is 25.3. The molecule has 0 aromatic heterocycles. The number of methoxy groups -OCH3 is 1. The van der Waals surface area contributed by atoms with Gasteiger partial charge in [0, 0.05) is 27.3 Å². The van der Waals surface area contributed by atoms with Crippen LogP contribution in [0.4, 0.5) is 0 Å². The number of carbonyl (C=O) groups excluding carboxylic acids is 3. The van der Waals surface area contributed by atoms with Crippen molar-refractivity contribution in [1.29, 1.82) is 0 Å². The van der Waals surface area contributed by atoms with Gasteiger partial charge in [0.25, 0.3) is 5.17 Å². The average molecular weight is 470 g/mol. The molecule has 1 aliphatic rings.